The van der Waals surface area contributed by atoms with Gasteiger partial charge in [0.05, 0.1) is 27.4 Å². The van der Waals surface area contributed by atoms with E-state index >= 15 is 0 Å². The van der Waals surface area contributed by atoms with Crippen molar-refractivity contribution < 1.29 is 24.1 Å². The Balaban J connectivity index is 2.25. The summed E-state index contributed by atoms with van der Waals surface area (Å²) >= 11 is 0. The van der Waals surface area contributed by atoms with E-state index in [2.05, 4.69) is 13.8 Å². The van der Waals surface area contributed by atoms with Crippen LogP contribution in [0.4, 0.5) is 0 Å². The fourth-order valence-electron chi connectivity index (χ4n) is 2.80. The first kappa shape index (κ1) is 21.9. The van der Waals surface area contributed by atoms with Gasteiger partial charge in [-0.3, -0.25) is 0 Å². The molecule has 2 aromatic rings. The summed E-state index contributed by atoms with van der Waals surface area (Å²) in [7, 11) is 3.23. The van der Waals surface area contributed by atoms with Crippen LogP contribution < -0.4 is 18.9 Å². The minimum absolute atomic E-state index is 0.615. The second-order valence-corrected chi connectivity index (χ2v) is 6.63. The van der Waals surface area contributed by atoms with E-state index in [9.17, 15) is 5.11 Å². The van der Waals surface area contributed by atoms with Crippen LogP contribution >= 0.6 is 0 Å². The molecule has 28 heavy (non-hydrogen) atoms. The number of ether oxygens (including phenoxy) is 4. The van der Waals surface area contributed by atoms with Crippen molar-refractivity contribution in [3.63, 3.8) is 0 Å². The molecule has 0 heterocycles. The zero-order chi connectivity index (χ0) is 20.4. The molecule has 2 aromatic carbocycles. The average Bonchev–Trinajstić information content (AvgIpc) is 2.73. The number of aliphatic hydroxyl groups is 1. The van der Waals surface area contributed by atoms with Crippen molar-refractivity contribution in [1.29, 1.82) is 0 Å². The van der Waals surface area contributed by atoms with Gasteiger partial charge in [-0.1, -0.05) is 38.8 Å². The average molecular weight is 389 g/mol. The predicted octanol–water partition coefficient (Wildman–Crippen LogP) is 5.14. The third-order valence-corrected chi connectivity index (χ3v) is 4.52. The third kappa shape index (κ3) is 5.80. The minimum atomic E-state index is -0.807. The van der Waals surface area contributed by atoms with Crippen molar-refractivity contribution in [3.05, 3.63) is 47.5 Å². The number of methoxy groups -OCH3 is 2. The highest BCUT2D eigenvalue weighted by Gasteiger charge is 2.16. The summed E-state index contributed by atoms with van der Waals surface area (Å²) in [5, 5.41) is 10.9. The molecule has 0 saturated carbocycles. The summed E-state index contributed by atoms with van der Waals surface area (Å²) in [4.78, 5) is 0. The van der Waals surface area contributed by atoms with Crippen LogP contribution in [-0.2, 0) is 0 Å². The maximum absolute atomic E-state index is 10.9. The highest BCUT2D eigenvalue weighted by Crippen LogP contribution is 2.36. The van der Waals surface area contributed by atoms with Gasteiger partial charge in [0, 0.05) is 0 Å². The molecule has 154 valence electrons. The van der Waals surface area contributed by atoms with Crippen LogP contribution in [0.1, 0.15) is 56.8 Å². The van der Waals surface area contributed by atoms with Crippen molar-refractivity contribution in [3.8, 4) is 23.0 Å². The van der Waals surface area contributed by atoms with Crippen LogP contribution in [0.3, 0.4) is 0 Å². The van der Waals surface area contributed by atoms with Gasteiger partial charge in [-0.05, 0) is 48.2 Å². The summed E-state index contributed by atoms with van der Waals surface area (Å²) in [6, 6.07) is 11.0. The molecule has 0 unspecified atom stereocenters. The number of rotatable bonds is 12. The van der Waals surface area contributed by atoms with E-state index in [1.54, 1.807) is 14.2 Å². The normalized spacial score (nSPS) is 10.8. The second-order valence-electron chi connectivity index (χ2n) is 6.63. The van der Waals surface area contributed by atoms with Gasteiger partial charge in [0.1, 0.15) is 6.10 Å². The van der Waals surface area contributed by atoms with E-state index in [1.165, 1.54) is 0 Å². The summed E-state index contributed by atoms with van der Waals surface area (Å²) in [5.74, 6) is 2.59. The summed E-state index contributed by atoms with van der Waals surface area (Å²) in [5.41, 5.74) is 1.47. The molecule has 0 atom stereocenters. The van der Waals surface area contributed by atoms with Gasteiger partial charge in [-0.2, -0.15) is 0 Å². The highest BCUT2D eigenvalue weighted by molar-refractivity contribution is 5.48. The van der Waals surface area contributed by atoms with Gasteiger partial charge < -0.3 is 24.1 Å². The Bertz CT molecular complexity index is 667. The molecule has 2 rings (SSSR count). The lowest BCUT2D eigenvalue weighted by Crippen LogP contribution is -2.05. The molecule has 0 bridgehead atoms. The smallest absolute Gasteiger partial charge is 0.161 e. The zero-order valence-electron chi connectivity index (χ0n) is 17.4. The Labute approximate surface area is 168 Å². The molecule has 0 spiro atoms. The number of aliphatic hydroxyl groups excluding tert-OH is 1. The molecule has 0 aromatic heterocycles. The molecule has 5 heteroatoms. The van der Waals surface area contributed by atoms with Gasteiger partial charge in [-0.15, -0.1) is 0 Å². The lowest BCUT2D eigenvalue weighted by Gasteiger charge is -2.17. The van der Waals surface area contributed by atoms with Crippen molar-refractivity contribution in [2.45, 2.75) is 45.6 Å². The number of hydrogen-bond donors (Lipinski definition) is 1. The predicted molar refractivity (Wildman–Crippen MR) is 111 cm³/mol. The Kier molecular flexibility index (Phi) is 8.95. The van der Waals surface area contributed by atoms with Crippen LogP contribution in [0.25, 0.3) is 0 Å². The molecule has 0 aliphatic heterocycles. The molecule has 0 fully saturated rings. The van der Waals surface area contributed by atoms with E-state index in [4.69, 9.17) is 18.9 Å². The van der Waals surface area contributed by atoms with Gasteiger partial charge in [0.25, 0.3) is 0 Å². The Morgan fingerprint density at radius 2 is 1.14 bits per heavy atom. The minimum Gasteiger partial charge on any atom is -0.493 e. The summed E-state index contributed by atoms with van der Waals surface area (Å²) in [6.07, 6.45) is 3.23. The Morgan fingerprint density at radius 3 is 1.50 bits per heavy atom. The van der Waals surface area contributed by atoms with Crippen molar-refractivity contribution in [2.24, 2.45) is 0 Å². The molecule has 1 N–H and O–H groups in total. The van der Waals surface area contributed by atoms with Crippen LogP contribution in [0.5, 0.6) is 23.0 Å². The third-order valence-electron chi connectivity index (χ3n) is 4.52. The Hall–Kier alpha value is -2.40. The van der Waals surface area contributed by atoms with E-state index in [0.717, 1.165) is 36.8 Å². The summed E-state index contributed by atoms with van der Waals surface area (Å²) in [6.45, 7) is 5.46. The molecule has 0 saturated heterocycles. The highest BCUT2D eigenvalue weighted by atomic mass is 16.5. The largest absolute Gasteiger partial charge is 0.493 e. The van der Waals surface area contributed by atoms with E-state index in [0.29, 0.717) is 36.2 Å². The van der Waals surface area contributed by atoms with Gasteiger partial charge in [0.15, 0.2) is 23.0 Å². The SMILES string of the molecule is CCCCOc1cc(C(O)c2ccc(OC)c(OCCCC)c2)ccc1OC. The molecular formula is C23H32O5. The molecule has 0 radical (unpaired) electrons. The molecule has 0 amide bonds. The van der Waals surface area contributed by atoms with Crippen LogP contribution in [0, 0.1) is 0 Å². The molecule has 0 aliphatic rings. The van der Waals surface area contributed by atoms with Crippen molar-refractivity contribution >= 4 is 0 Å². The lowest BCUT2D eigenvalue weighted by atomic mass is 10.0. The number of unbranched alkanes of at least 4 members (excludes halogenated alkanes) is 2. The summed E-state index contributed by atoms with van der Waals surface area (Å²) < 4.78 is 22.4. The fraction of sp³-hybridized carbons (Fsp3) is 0.478. The maximum Gasteiger partial charge on any atom is 0.161 e. The lowest BCUT2D eigenvalue weighted by molar-refractivity contribution is 0.217. The fourth-order valence-corrected chi connectivity index (χ4v) is 2.80. The quantitative estimate of drug-likeness (QED) is 0.510. The number of hydrogen-bond acceptors (Lipinski definition) is 5. The van der Waals surface area contributed by atoms with Gasteiger partial charge in [0.2, 0.25) is 0 Å². The van der Waals surface area contributed by atoms with E-state index in [-0.39, 0.29) is 0 Å². The molecular weight excluding hydrogens is 356 g/mol. The van der Waals surface area contributed by atoms with E-state index < -0.39 is 6.10 Å². The van der Waals surface area contributed by atoms with Gasteiger partial charge in [-0.25, -0.2) is 0 Å². The van der Waals surface area contributed by atoms with Crippen LogP contribution in [0.2, 0.25) is 0 Å². The van der Waals surface area contributed by atoms with Crippen LogP contribution in [-0.4, -0.2) is 32.5 Å². The van der Waals surface area contributed by atoms with Crippen molar-refractivity contribution in [1.82, 2.24) is 0 Å². The first-order valence-electron chi connectivity index (χ1n) is 9.94. The van der Waals surface area contributed by atoms with Gasteiger partial charge >= 0.3 is 0 Å². The maximum atomic E-state index is 10.9. The second kappa shape index (κ2) is 11.4. The molecule has 5 nitrogen and oxygen atoms in total. The number of benzene rings is 2. The monoisotopic (exact) mass is 388 g/mol. The van der Waals surface area contributed by atoms with Crippen molar-refractivity contribution in [2.75, 3.05) is 27.4 Å². The topological polar surface area (TPSA) is 57.2 Å². The molecule has 0 aliphatic carbocycles. The van der Waals surface area contributed by atoms with Crippen LogP contribution in [0.15, 0.2) is 36.4 Å². The Morgan fingerprint density at radius 1 is 0.714 bits per heavy atom. The first-order valence-corrected chi connectivity index (χ1v) is 9.94. The first-order chi connectivity index (χ1) is 13.6. The standard InChI is InChI=1S/C23H32O5/c1-5-7-13-27-21-15-17(9-11-19(21)25-3)23(24)18-10-12-20(26-4)22(16-18)28-14-8-6-2/h9-12,15-16,23-24H,5-8,13-14H2,1-4H3. The zero-order valence-corrected chi connectivity index (χ0v) is 17.4. The van der Waals surface area contributed by atoms with E-state index in [1.807, 2.05) is 36.4 Å².